The first-order valence-electron chi connectivity index (χ1n) is 3.47. The molecule has 0 aromatic heterocycles. The highest BCUT2D eigenvalue weighted by molar-refractivity contribution is 14.1. The maximum Gasteiger partial charge on any atom is 0.490 e. The molecule has 0 fully saturated rings. The van der Waals surface area contributed by atoms with E-state index in [0.29, 0.717) is 6.61 Å². The molecular formula is C6H9F3INO4. The molecule has 0 aromatic carbocycles. The summed E-state index contributed by atoms with van der Waals surface area (Å²) in [6.45, 7) is 0.452. The molecular weight excluding hydrogens is 334 g/mol. The number of carbonyl (C=O) groups excluding carboxylic acids is 1. The lowest BCUT2D eigenvalue weighted by atomic mass is 10.7. The molecule has 0 atom stereocenters. The maximum atomic E-state index is 10.6. The Labute approximate surface area is 96.9 Å². The molecule has 0 heterocycles. The third-order valence-electron chi connectivity index (χ3n) is 0.749. The molecule has 5 nitrogen and oxygen atoms in total. The Morgan fingerprint density at radius 2 is 1.80 bits per heavy atom. The van der Waals surface area contributed by atoms with Crippen molar-refractivity contribution in [2.75, 3.05) is 17.6 Å². The number of carbonyl (C=O) groups is 2. The van der Waals surface area contributed by atoms with Gasteiger partial charge in [0.1, 0.15) is 6.61 Å². The van der Waals surface area contributed by atoms with Gasteiger partial charge < -0.3 is 15.6 Å². The average molecular weight is 343 g/mol. The Hall–Kier alpha value is -0.580. The van der Waals surface area contributed by atoms with Gasteiger partial charge in [0.05, 0.1) is 6.54 Å². The Morgan fingerprint density at radius 1 is 1.40 bits per heavy atom. The highest BCUT2D eigenvalue weighted by atomic mass is 127. The predicted molar refractivity (Wildman–Crippen MR) is 52.6 cm³/mol. The van der Waals surface area contributed by atoms with Crippen molar-refractivity contribution >= 4 is 34.5 Å². The minimum absolute atomic E-state index is 0.0172. The summed E-state index contributed by atoms with van der Waals surface area (Å²) in [7, 11) is 0. The van der Waals surface area contributed by atoms with E-state index < -0.39 is 12.1 Å². The molecule has 9 heteroatoms. The maximum absolute atomic E-state index is 10.6. The van der Waals surface area contributed by atoms with E-state index in [1.807, 2.05) is 0 Å². The first kappa shape index (κ1) is 16.8. The number of carboxylic acids is 1. The molecule has 0 spiro atoms. The number of aliphatic carboxylic acids is 1. The van der Waals surface area contributed by atoms with Gasteiger partial charge >= 0.3 is 18.1 Å². The molecule has 90 valence electrons. The van der Waals surface area contributed by atoms with Crippen LogP contribution < -0.4 is 5.73 Å². The highest BCUT2D eigenvalue weighted by Crippen LogP contribution is 2.13. The second-order valence-corrected chi connectivity index (χ2v) is 3.00. The van der Waals surface area contributed by atoms with Crippen LogP contribution in [0.15, 0.2) is 0 Å². The molecule has 0 saturated carbocycles. The molecule has 3 N–H and O–H groups in total. The number of carboxylic acid groups (broad SMARTS) is 1. The Morgan fingerprint density at radius 3 is 2.00 bits per heavy atom. The lowest BCUT2D eigenvalue weighted by Gasteiger charge is -1.96. The van der Waals surface area contributed by atoms with Crippen molar-refractivity contribution in [1.82, 2.24) is 0 Å². The Balaban J connectivity index is 0. The first-order chi connectivity index (χ1) is 6.75. The summed E-state index contributed by atoms with van der Waals surface area (Å²) in [6, 6.07) is 0. The van der Waals surface area contributed by atoms with Crippen LogP contribution in [-0.2, 0) is 14.3 Å². The van der Waals surface area contributed by atoms with Gasteiger partial charge in [0.25, 0.3) is 0 Å². The lowest BCUT2D eigenvalue weighted by Crippen LogP contribution is -2.21. The normalized spacial score (nSPS) is 9.93. The summed E-state index contributed by atoms with van der Waals surface area (Å²) >= 11 is 2.12. The molecule has 0 aliphatic carbocycles. The largest absolute Gasteiger partial charge is 0.490 e. The van der Waals surface area contributed by atoms with Crippen LogP contribution in [0.1, 0.15) is 0 Å². The van der Waals surface area contributed by atoms with Gasteiger partial charge in [0.15, 0.2) is 0 Å². The third kappa shape index (κ3) is 13.4. The minimum atomic E-state index is -5.08. The standard InChI is InChI=1S/C4H8INO2.C2HF3O2/c5-1-2-8-4(7)3-6;3-2(4,5)1(6)7/h1-3,6H2;(H,6,7). The molecule has 0 bridgehead atoms. The first-order valence-corrected chi connectivity index (χ1v) is 5.00. The molecule has 0 unspecified atom stereocenters. The summed E-state index contributed by atoms with van der Waals surface area (Å²) in [5.41, 5.74) is 4.94. The smallest absolute Gasteiger partial charge is 0.475 e. The molecule has 0 rings (SSSR count). The van der Waals surface area contributed by atoms with Gasteiger partial charge in [-0.25, -0.2) is 4.79 Å². The fourth-order valence-electron chi connectivity index (χ4n) is 0.211. The summed E-state index contributed by atoms with van der Waals surface area (Å²) in [4.78, 5) is 19.1. The second kappa shape index (κ2) is 8.71. The van der Waals surface area contributed by atoms with Crippen molar-refractivity contribution in [2.24, 2.45) is 5.73 Å². The molecule has 15 heavy (non-hydrogen) atoms. The van der Waals surface area contributed by atoms with E-state index in [2.05, 4.69) is 27.3 Å². The van der Waals surface area contributed by atoms with Gasteiger partial charge in [0, 0.05) is 4.43 Å². The summed E-state index contributed by atoms with van der Waals surface area (Å²) in [5, 5.41) is 7.12. The van der Waals surface area contributed by atoms with Crippen LogP contribution in [0, 0.1) is 0 Å². The van der Waals surface area contributed by atoms with Crippen LogP contribution in [0.2, 0.25) is 0 Å². The van der Waals surface area contributed by atoms with Gasteiger partial charge in [-0.15, -0.1) is 0 Å². The van der Waals surface area contributed by atoms with Gasteiger partial charge in [-0.3, -0.25) is 4.79 Å². The van der Waals surface area contributed by atoms with E-state index in [-0.39, 0.29) is 12.5 Å². The van der Waals surface area contributed by atoms with Gasteiger partial charge in [-0.1, -0.05) is 22.6 Å². The summed E-state index contributed by atoms with van der Waals surface area (Å²) < 4.78 is 37.1. The van der Waals surface area contributed by atoms with Crippen molar-refractivity contribution in [1.29, 1.82) is 0 Å². The number of alkyl halides is 4. The van der Waals surface area contributed by atoms with E-state index in [0.717, 1.165) is 4.43 Å². The number of hydrogen-bond donors (Lipinski definition) is 2. The monoisotopic (exact) mass is 343 g/mol. The summed E-state index contributed by atoms with van der Waals surface area (Å²) in [5.74, 6) is -3.09. The average Bonchev–Trinajstić information content (AvgIpc) is 2.13. The van der Waals surface area contributed by atoms with Crippen LogP contribution in [0.5, 0.6) is 0 Å². The van der Waals surface area contributed by atoms with E-state index in [1.54, 1.807) is 0 Å². The van der Waals surface area contributed by atoms with E-state index in [4.69, 9.17) is 15.6 Å². The Bertz CT molecular complexity index is 209. The van der Waals surface area contributed by atoms with Crippen LogP contribution >= 0.6 is 22.6 Å². The number of ether oxygens (including phenoxy) is 1. The van der Waals surface area contributed by atoms with E-state index in [9.17, 15) is 18.0 Å². The van der Waals surface area contributed by atoms with Crippen LogP contribution in [0.25, 0.3) is 0 Å². The number of esters is 1. The molecule has 0 aliphatic rings. The zero-order valence-corrected chi connectivity index (χ0v) is 9.54. The van der Waals surface area contributed by atoms with Crippen LogP contribution in [0.3, 0.4) is 0 Å². The summed E-state index contributed by atoms with van der Waals surface area (Å²) in [6.07, 6.45) is -5.08. The van der Waals surface area contributed by atoms with Crippen molar-refractivity contribution in [3.8, 4) is 0 Å². The second-order valence-electron chi connectivity index (χ2n) is 1.92. The fourth-order valence-corrected chi connectivity index (χ4v) is 0.432. The number of hydrogen-bond acceptors (Lipinski definition) is 4. The van der Waals surface area contributed by atoms with Gasteiger partial charge in [-0.2, -0.15) is 13.2 Å². The quantitative estimate of drug-likeness (QED) is 0.444. The predicted octanol–water partition coefficient (Wildman–Crippen LogP) is 0.557. The number of rotatable bonds is 3. The lowest BCUT2D eigenvalue weighted by molar-refractivity contribution is -0.192. The molecule has 0 aromatic rings. The van der Waals surface area contributed by atoms with Crippen molar-refractivity contribution in [2.45, 2.75) is 6.18 Å². The van der Waals surface area contributed by atoms with E-state index >= 15 is 0 Å². The highest BCUT2D eigenvalue weighted by Gasteiger charge is 2.38. The van der Waals surface area contributed by atoms with E-state index in [1.165, 1.54) is 0 Å². The molecule has 0 radical (unpaired) electrons. The minimum Gasteiger partial charge on any atom is -0.475 e. The van der Waals surface area contributed by atoms with Gasteiger partial charge in [-0.05, 0) is 0 Å². The number of halogens is 4. The zero-order valence-electron chi connectivity index (χ0n) is 7.38. The molecule has 0 aliphatic heterocycles. The van der Waals surface area contributed by atoms with Crippen LogP contribution in [-0.4, -0.2) is 40.8 Å². The zero-order chi connectivity index (χ0) is 12.5. The fraction of sp³-hybridized carbons (Fsp3) is 0.667. The van der Waals surface area contributed by atoms with Crippen molar-refractivity contribution in [3.63, 3.8) is 0 Å². The Kier molecular flexibility index (Phi) is 9.77. The SMILES string of the molecule is NCC(=O)OCCI.O=C(O)C(F)(F)F. The topological polar surface area (TPSA) is 89.6 Å². The third-order valence-corrected chi connectivity index (χ3v) is 1.19. The van der Waals surface area contributed by atoms with Crippen molar-refractivity contribution < 1.29 is 32.6 Å². The van der Waals surface area contributed by atoms with Crippen molar-refractivity contribution in [3.05, 3.63) is 0 Å². The van der Waals surface area contributed by atoms with Crippen LogP contribution in [0.4, 0.5) is 13.2 Å². The molecule has 0 amide bonds. The molecule has 0 saturated heterocycles. The number of nitrogens with two attached hydrogens (primary N) is 1. The van der Waals surface area contributed by atoms with Gasteiger partial charge in [0.2, 0.25) is 0 Å².